The first-order valence-electron chi connectivity index (χ1n) is 30.6. The van der Waals surface area contributed by atoms with E-state index in [1.54, 1.807) is 53.4 Å². The van der Waals surface area contributed by atoms with Gasteiger partial charge < -0.3 is 33.9 Å². The monoisotopic (exact) mass is 1260 g/mol. The minimum absolute atomic E-state index is 0.00331. The standard InChI is InChI=1S/C20H22N2O6.C20H24N2O5.C18H29NO6.C6H9NO3/c1-28-20(27)15-10-11-17(24)22(15)16(23)9-3-2-6-12-21-18(25)13-7-4-5-8-14(13)19(21)26;1-27-20(26)16-10-11-17(23)21(16)12-6-2-3-7-13-22-18(24)14-8-4-5-9-15(14)19(22)25;1-18(2,3)25-16(22)10-8-6-5-7-9-14(20)19-13(17(23)24-4)11-12-15(19)21;1-10-6(9)4-2-3-5(8)7-4/h4-5,7-8,15H,2-3,6,9-12H2,1H3;4-5,8-9,16H,2-3,6-7,10-13H2,1H3;13H,5-12H2,1-4H3;4H,2-3H2,1H3,(H,7,8)/t15-;16-;13-;4-/m0000/s1. The third kappa shape index (κ3) is 19.9. The van der Waals surface area contributed by atoms with Crippen molar-refractivity contribution < 1.29 is 95.6 Å². The number of rotatable bonds is 24. The molecule has 0 saturated carbocycles. The Morgan fingerprint density at radius 2 is 0.789 bits per heavy atom. The molecule has 0 spiro atoms. The SMILES string of the molecule is COC(=O)[C@@H]1CCC(=O)N1.COC(=O)[C@@H]1CCC(=O)N1C(=O)CCCCCCC(=O)OC(C)(C)C.COC(=O)[C@@H]1CCC(=O)N1C(=O)CCCCCN1C(=O)c2ccccc2C1=O.COC(=O)[C@@H]1CCC(=O)N1CCCCCCN1C(=O)c2ccccc2C1=O. The van der Waals surface area contributed by atoms with Gasteiger partial charge in [0, 0.05) is 64.6 Å². The number of benzene rings is 2. The predicted molar refractivity (Wildman–Crippen MR) is 318 cm³/mol. The summed E-state index contributed by atoms with van der Waals surface area (Å²) >= 11 is 0. The van der Waals surface area contributed by atoms with E-state index in [0.29, 0.717) is 106 Å². The van der Waals surface area contributed by atoms with E-state index in [0.717, 1.165) is 48.3 Å². The Bertz CT molecular complexity index is 2940. The van der Waals surface area contributed by atoms with Gasteiger partial charge in [-0.05, 0) is 109 Å². The molecule has 10 amide bonds. The number of unbranched alkanes of at least 4 members (excludes halogenated alkanes) is 8. The molecular weight excluding hydrogens is 1170 g/mol. The highest BCUT2D eigenvalue weighted by Gasteiger charge is 2.43. The van der Waals surface area contributed by atoms with Crippen molar-refractivity contribution in [3.05, 3.63) is 70.8 Å². The number of carbonyl (C=O) groups excluding carboxylic acids is 15. The molecule has 90 heavy (non-hydrogen) atoms. The first-order valence-corrected chi connectivity index (χ1v) is 30.6. The molecule has 490 valence electrons. The quantitative estimate of drug-likeness (QED) is 0.0600. The molecule has 0 radical (unpaired) electrons. The van der Waals surface area contributed by atoms with Crippen LogP contribution in [0.4, 0.5) is 0 Å². The number of ether oxygens (including phenoxy) is 5. The second-order valence-electron chi connectivity index (χ2n) is 23.2. The Kier molecular flexibility index (Phi) is 27.9. The van der Waals surface area contributed by atoms with E-state index in [-0.39, 0.29) is 110 Å². The fraction of sp³-hybridized carbons (Fsp3) is 0.578. The maximum absolute atomic E-state index is 12.3. The number of esters is 5. The number of fused-ring (bicyclic) bond motifs is 2. The minimum atomic E-state index is -0.830. The van der Waals surface area contributed by atoms with Crippen molar-refractivity contribution in [2.75, 3.05) is 48.1 Å². The summed E-state index contributed by atoms with van der Waals surface area (Å²) in [6.07, 6.45) is 11.4. The second-order valence-corrected chi connectivity index (χ2v) is 23.2. The van der Waals surface area contributed by atoms with Crippen LogP contribution in [0.1, 0.15) is 203 Å². The lowest BCUT2D eigenvalue weighted by Crippen LogP contribution is -2.43. The summed E-state index contributed by atoms with van der Waals surface area (Å²) in [5.41, 5.74) is 1.32. The number of hydrogen-bond donors (Lipinski definition) is 1. The topological polar surface area (TPSA) is 330 Å². The summed E-state index contributed by atoms with van der Waals surface area (Å²) in [6, 6.07) is 11.1. The Hall–Kier alpha value is -8.71. The van der Waals surface area contributed by atoms with Crippen molar-refractivity contribution >= 4 is 88.9 Å². The molecule has 26 heteroatoms. The first-order chi connectivity index (χ1) is 42.9. The van der Waals surface area contributed by atoms with E-state index in [2.05, 4.69) is 19.5 Å². The molecule has 6 aliphatic rings. The van der Waals surface area contributed by atoms with E-state index >= 15 is 0 Å². The molecule has 1 N–H and O–H groups in total. The van der Waals surface area contributed by atoms with Crippen LogP contribution in [0.3, 0.4) is 0 Å². The van der Waals surface area contributed by atoms with Gasteiger partial charge in [0.05, 0.1) is 50.7 Å². The fourth-order valence-corrected chi connectivity index (χ4v) is 11.1. The van der Waals surface area contributed by atoms with E-state index < -0.39 is 47.6 Å². The maximum atomic E-state index is 12.3. The zero-order chi connectivity index (χ0) is 66.2. The number of likely N-dealkylation sites (tertiary alicyclic amines) is 3. The Labute approximate surface area is 523 Å². The number of nitrogens with one attached hydrogen (secondary N) is 1. The van der Waals surface area contributed by atoms with Gasteiger partial charge in [0.25, 0.3) is 23.6 Å². The summed E-state index contributed by atoms with van der Waals surface area (Å²) < 4.78 is 23.7. The van der Waals surface area contributed by atoms with E-state index in [1.165, 1.54) is 38.2 Å². The minimum Gasteiger partial charge on any atom is -0.467 e. The lowest BCUT2D eigenvalue weighted by molar-refractivity contribution is -0.156. The number of methoxy groups -OCH3 is 4. The van der Waals surface area contributed by atoms with Crippen molar-refractivity contribution in [2.45, 2.75) is 192 Å². The van der Waals surface area contributed by atoms with Crippen LogP contribution in [0.15, 0.2) is 48.5 Å². The molecule has 6 heterocycles. The van der Waals surface area contributed by atoms with Gasteiger partial charge in [-0.15, -0.1) is 0 Å². The predicted octanol–water partition coefficient (Wildman–Crippen LogP) is 5.34. The van der Waals surface area contributed by atoms with Gasteiger partial charge in [-0.2, -0.15) is 0 Å². The molecule has 4 atom stereocenters. The van der Waals surface area contributed by atoms with Gasteiger partial charge in [-0.1, -0.05) is 56.4 Å². The zero-order valence-electron chi connectivity index (χ0n) is 52.5. The summed E-state index contributed by atoms with van der Waals surface area (Å²) in [5, 5.41) is 2.49. The normalized spacial score (nSPS) is 19.0. The van der Waals surface area contributed by atoms with Crippen LogP contribution in [0, 0.1) is 0 Å². The van der Waals surface area contributed by atoms with Crippen molar-refractivity contribution in [1.29, 1.82) is 0 Å². The van der Waals surface area contributed by atoms with E-state index in [9.17, 15) is 71.9 Å². The largest absolute Gasteiger partial charge is 0.467 e. The molecule has 6 aliphatic heterocycles. The zero-order valence-corrected chi connectivity index (χ0v) is 52.5. The third-order valence-corrected chi connectivity index (χ3v) is 15.7. The average molecular weight is 1260 g/mol. The lowest BCUT2D eigenvalue weighted by Gasteiger charge is -2.22. The Morgan fingerprint density at radius 3 is 1.18 bits per heavy atom. The molecule has 0 aliphatic carbocycles. The van der Waals surface area contributed by atoms with Crippen LogP contribution in [-0.4, -0.2) is 191 Å². The Morgan fingerprint density at radius 1 is 0.433 bits per heavy atom. The smallest absolute Gasteiger partial charge is 0.329 e. The summed E-state index contributed by atoms with van der Waals surface area (Å²) in [6.45, 7) is 6.71. The highest BCUT2D eigenvalue weighted by atomic mass is 16.6. The number of amides is 10. The van der Waals surface area contributed by atoms with Crippen LogP contribution in [-0.2, 0) is 76.4 Å². The van der Waals surface area contributed by atoms with Gasteiger partial charge in [-0.25, -0.2) is 19.2 Å². The van der Waals surface area contributed by atoms with Crippen molar-refractivity contribution in [2.24, 2.45) is 0 Å². The van der Waals surface area contributed by atoms with Crippen LogP contribution in [0.25, 0.3) is 0 Å². The molecule has 0 bridgehead atoms. The van der Waals surface area contributed by atoms with Crippen molar-refractivity contribution in [3.63, 3.8) is 0 Å². The highest BCUT2D eigenvalue weighted by Crippen LogP contribution is 2.27. The van der Waals surface area contributed by atoms with Crippen LogP contribution < -0.4 is 5.32 Å². The molecule has 8 rings (SSSR count). The summed E-state index contributed by atoms with van der Waals surface area (Å²) in [7, 11) is 5.13. The Balaban J connectivity index is 0.000000228. The van der Waals surface area contributed by atoms with Crippen LogP contribution in [0.2, 0.25) is 0 Å². The molecule has 4 fully saturated rings. The first kappa shape index (κ1) is 72.0. The van der Waals surface area contributed by atoms with Crippen molar-refractivity contribution in [3.8, 4) is 0 Å². The van der Waals surface area contributed by atoms with Crippen LogP contribution in [0.5, 0.6) is 0 Å². The summed E-state index contributed by atoms with van der Waals surface area (Å²) in [5.74, 6) is -4.54. The molecular formula is C64H84N6O20. The fourth-order valence-electron chi connectivity index (χ4n) is 11.1. The summed E-state index contributed by atoms with van der Waals surface area (Å²) in [4.78, 5) is 183. The van der Waals surface area contributed by atoms with Crippen LogP contribution >= 0.6 is 0 Å². The average Bonchev–Trinajstić information content (AvgIpc) is 1.69. The van der Waals surface area contributed by atoms with E-state index in [4.69, 9.17) is 9.47 Å². The van der Waals surface area contributed by atoms with Gasteiger partial charge in [0.2, 0.25) is 35.4 Å². The molecule has 0 unspecified atom stereocenters. The molecule has 0 aromatic heterocycles. The number of imide groups is 4. The lowest BCUT2D eigenvalue weighted by atomic mass is 10.1. The molecule has 4 saturated heterocycles. The maximum Gasteiger partial charge on any atom is 0.329 e. The number of carbonyl (C=O) groups is 15. The van der Waals surface area contributed by atoms with Gasteiger partial charge in [-0.3, -0.25) is 72.3 Å². The highest BCUT2D eigenvalue weighted by molar-refractivity contribution is 6.22. The molecule has 2 aromatic carbocycles. The van der Waals surface area contributed by atoms with E-state index in [1.807, 2.05) is 20.8 Å². The molecule has 2 aromatic rings. The van der Waals surface area contributed by atoms with Gasteiger partial charge in [0.15, 0.2) is 0 Å². The number of nitrogens with zero attached hydrogens (tertiary/aromatic N) is 5. The van der Waals surface area contributed by atoms with Gasteiger partial charge >= 0.3 is 29.8 Å². The van der Waals surface area contributed by atoms with Crippen molar-refractivity contribution in [1.82, 2.24) is 29.8 Å². The third-order valence-electron chi connectivity index (χ3n) is 15.7. The van der Waals surface area contributed by atoms with Gasteiger partial charge in [0.1, 0.15) is 29.8 Å². The molecule has 26 nitrogen and oxygen atoms in total. The second kappa shape index (κ2) is 34.9. The number of hydrogen-bond acceptors (Lipinski definition) is 20.